The normalized spacial score (nSPS) is 12.4. The Morgan fingerprint density at radius 1 is 1.00 bits per heavy atom. The van der Waals surface area contributed by atoms with E-state index >= 15 is 0 Å². The van der Waals surface area contributed by atoms with E-state index in [9.17, 15) is 9.90 Å². The third kappa shape index (κ3) is 5.75. The van der Waals surface area contributed by atoms with Crippen molar-refractivity contribution in [3.05, 3.63) is 72.3 Å². The van der Waals surface area contributed by atoms with Crippen molar-refractivity contribution < 1.29 is 24.5 Å². The summed E-state index contributed by atoms with van der Waals surface area (Å²) in [4.78, 5) is 12.9. The number of aliphatic hydroxyl groups is 2. The number of benzene rings is 3. The van der Waals surface area contributed by atoms with Crippen molar-refractivity contribution in [2.24, 2.45) is 5.41 Å². The number of amides is 1. The Hall–Kier alpha value is -3.09. The van der Waals surface area contributed by atoms with Crippen LogP contribution in [0, 0.1) is 5.41 Å². The number of fused-ring (bicyclic) bond motifs is 1. The maximum absolute atomic E-state index is 12.9. The molecule has 3 N–H and O–H groups in total. The van der Waals surface area contributed by atoms with Gasteiger partial charge < -0.3 is 19.7 Å². The average molecular weight is 424 g/mol. The summed E-state index contributed by atoms with van der Waals surface area (Å²) >= 11 is 0. The van der Waals surface area contributed by atoms with Crippen LogP contribution in [0.25, 0.3) is 10.8 Å². The molecule has 0 spiro atoms. The van der Waals surface area contributed by atoms with Crippen LogP contribution in [-0.2, 0) is 4.74 Å². The molecule has 1 atom stereocenters. The maximum Gasteiger partial charge on any atom is 0.412 e. The monoisotopic (exact) mass is 423 g/mol. The zero-order chi connectivity index (χ0) is 22.3. The van der Waals surface area contributed by atoms with Crippen LogP contribution in [0.3, 0.4) is 0 Å². The Labute approximate surface area is 182 Å². The number of rotatable bonds is 9. The van der Waals surface area contributed by atoms with Crippen LogP contribution in [0.4, 0.5) is 10.5 Å². The first kappa shape index (κ1) is 22.6. The van der Waals surface area contributed by atoms with Crippen LogP contribution in [0.15, 0.2) is 66.7 Å². The van der Waals surface area contributed by atoms with E-state index in [1.165, 1.54) is 0 Å². The smallest absolute Gasteiger partial charge is 0.412 e. The molecule has 6 nitrogen and oxygen atoms in total. The molecule has 164 valence electrons. The van der Waals surface area contributed by atoms with Gasteiger partial charge in [0.05, 0.1) is 12.3 Å². The van der Waals surface area contributed by atoms with Crippen molar-refractivity contribution in [3.8, 4) is 5.75 Å². The van der Waals surface area contributed by atoms with E-state index in [1.807, 2.05) is 68.4 Å². The number of hydrogen-bond donors (Lipinski definition) is 3. The van der Waals surface area contributed by atoms with Gasteiger partial charge >= 0.3 is 6.09 Å². The van der Waals surface area contributed by atoms with Gasteiger partial charge in [-0.05, 0) is 35.6 Å². The van der Waals surface area contributed by atoms with E-state index in [0.29, 0.717) is 17.9 Å². The highest BCUT2D eigenvalue weighted by molar-refractivity contribution is 6.00. The summed E-state index contributed by atoms with van der Waals surface area (Å²) < 4.78 is 11.4. The van der Waals surface area contributed by atoms with Crippen molar-refractivity contribution in [1.82, 2.24) is 0 Å². The zero-order valence-corrected chi connectivity index (χ0v) is 17.9. The third-order valence-electron chi connectivity index (χ3n) is 5.24. The minimum absolute atomic E-state index is 0.0293. The topological polar surface area (TPSA) is 88.0 Å². The number of hydrogen-bond acceptors (Lipinski definition) is 5. The quantitative estimate of drug-likeness (QED) is 0.455. The van der Waals surface area contributed by atoms with Gasteiger partial charge in [-0.2, -0.15) is 0 Å². The molecule has 0 aliphatic rings. The van der Waals surface area contributed by atoms with Crippen molar-refractivity contribution in [2.45, 2.75) is 26.4 Å². The fourth-order valence-corrected chi connectivity index (χ4v) is 3.61. The molecule has 0 fully saturated rings. The number of aliphatic hydroxyl groups excluding tert-OH is 2. The molecule has 3 aromatic rings. The van der Waals surface area contributed by atoms with Crippen LogP contribution in [0.2, 0.25) is 0 Å². The lowest BCUT2D eigenvalue weighted by atomic mass is 9.80. The van der Waals surface area contributed by atoms with Gasteiger partial charge in [-0.25, -0.2) is 4.79 Å². The molecule has 0 aliphatic heterocycles. The maximum atomic E-state index is 12.9. The first-order chi connectivity index (χ1) is 14.9. The molecular formula is C25H29NO5. The minimum Gasteiger partial charge on any atom is -0.491 e. The summed E-state index contributed by atoms with van der Waals surface area (Å²) in [5, 5.41) is 23.4. The summed E-state index contributed by atoms with van der Waals surface area (Å²) in [6.45, 7) is 3.95. The highest BCUT2D eigenvalue weighted by Crippen LogP contribution is 2.40. The minimum atomic E-state index is -0.618. The second kappa shape index (κ2) is 10.3. The van der Waals surface area contributed by atoms with Crippen LogP contribution in [0.5, 0.6) is 5.75 Å². The Morgan fingerprint density at radius 3 is 2.52 bits per heavy atom. The molecule has 0 aliphatic carbocycles. The highest BCUT2D eigenvalue weighted by atomic mass is 16.6. The predicted octanol–water partition coefficient (Wildman–Crippen LogP) is 4.91. The van der Waals surface area contributed by atoms with Crippen LogP contribution in [-0.4, -0.2) is 36.1 Å². The number of anilines is 1. The van der Waals surface area contributed by atoms with E-state index < -0.39 is 17.6 Å². The molecule has 0 aromatic heterocycles. The number of ether oxygens (including phenoxy) is 2. The first-order valence-electron chi connectivity index (χ1n) is 10.3. The van der Waals surface area contributed by atoms with E-state index in [0.717, 1.165) is 16.3 Å². The van der Waals surface area contributed by atoms with Crippen molar-refractivity contribution in [3.63, 3.8) is 0 Å². The molecule has 6 heteroatoms. The second-order valence-corrected chi connectivity index (χ2v) is 8.04. The van der Waals surface area contributed by atoms with E-state index in [-0.39, 0.29) is 19.8 Å². The second-order valence-electron chi connectivity index (χ2n) is 8.04. The Morgan fingerprint density at radius 2 is 1.74 bits per heavy atom. The number of nitrogens with one attached hydrogen (secondary N) is 1. The van der Waals surface area contributed by atoms with Gasteiger partial charge in [0, 0.05) is 17.4 Å². The van der Waals surface area contributed by atoms with E-state index in [1.54, 1.807) is 12.1 Å². The van der Waals surface area contributed by atoms with Gasteiger partial charge in [-0.3, -0.25) is 5.32 Å². The first-order valence-corrected chi connectivity index (χ1v) is 10.3. The zero-order valence-electron chi connectivity index (χ0n) is 17.9. The largest absolute Gasteiger partial charge is 0.491 e. The standard InChI is InChI=1S/C25H29NO5/c1-25(2,13-14-27)23(19-9-5-10-20(17-19)30-16-15-28)31-24(29)26-22-12-6-8-18-7-3-4-11-21(18)22/h3-12,17,23,27-28H,13-16H2,1-2H3,(H,26,29)/t23-/m0/s1. The van der Waals surface area contributed by atoms with Gasteiger partial charge in [0.25, 0.3) is 0 Å². The fourth-order valence-electron chi connectivity index (χ4n) is 3.61. The molecule has 0 unspecified atom stereocenters. The molecule has 3 aromatic carbocycles. The molecule has 0 saturated carbocycles. The lowest BCUT2D eigenvalue weighted by molar-refractivity contribution is 0.0151. The van der Waals surface area contributed by atoms with Crippen molar-refractivity contribution >= 4 is 22.6 Å². The SMILES string of the molecule is CC(C)(CCO)[C@@H](OC(=O)Nc1cccc2ccccc12)c1cccc(OCCO)c1. The summed E-state index contributed by atoms with van der Waals surface area (Å²) in [7, 11) is 0. The molecule has 0 bridgehead atoms. The van der Waals surface area contributed by atoms with Crippen molar-refractivity contribution in [1.29, 1.82) is 0 Å². The molecular weight excluding hydrogens is 394 g/mol. The third-order valence-corrected chi connectivity index (χ3v) is 5.24. The van der Waals surface area contributed by atoms with E-state index in [4.69, 9.17) is 14.6 Å². The van der Waals surface area contributed by atoms with Gasteiger partial charge in [0.1, 0.15) is 18.5 Å². The lowest BCUT2D eigenvalue weighted by Crippen LogP contribution is -2.30. The van der Waals surface area contributed by atoms with Gasteiger partial charge in [0.15, 0.2) is 0 Å². The molecule has 31 heavy (non-hydrogen) atoms. The van der Waals surface area contributed by atoms with Crippen LogP contribution in [0.1, 0.15) is 31.9 Å². The molecule has 0 radical (unpaired) electrons. The Balaban J connectivity index is 1.85. The molecule has 1 amide bonds. The van der Waals surface area contributed by atoms with Crippen molar-refractivity contribution in [2.75, 3.05) is 25.1 Å². The summed E-state index contributed by atoms with van der Waals surface area (Å²) in [6.07, 6.45) is -0.748. The number of carbonyl (C=O) groups excluding carboxylic acids is 1. The summed E-state index contributed by atoms with van der Waals surface area (Å²) in [5.41, 5.74) is 0.893. The Kier molecular flexibility index (Phi) is 7.50. The van der Waals surface area contributed by atoms with Crippen LogP contribution < -0.4 is 10.1 Å². The molecule has 0 heterocycles. The fraction of sp³-hybridized carbons (Fsp3) is 0.320. The predicted molar refractivity (Wildman–Crippen MR) is 121 cm³/mol. The summed E-state index contributed by atoms with van der Waals surface area (Å²) in [5.74, 6) is 0.578. The molecule has 0 saturated heterocycles. The Bertz CT molecular complexity index is 1010. The lowest BCUT2D eigenvalue weighted by Gasteiger charge is -2.34. The molecule has 3 rings (SSSR count). The number of carbonyl (C=O) groups is 1. The highest BCUT2D eigenvalue weighted by Gasteiger charge is 2.34. The van der Waals surface area contributed by atoms with Gasteiger partial charge in [-0.1, -0.05) is 62.4 Å². The average Bonchev–Trinajstić information content (AvgIpc) is 2.76. The van der Waals surface area contributed by atoms with E-state index in [2.05, 4.69) is 5.32 Å². The van der Waals surface area contributed by atoms with Gasteiger partial charge in [0.2, 0.25) is 0 Å². The summed E-state index contributed by atoms with van der Waals surface area (Å²) in [6, 6.07) is 20.8. The van der Waals surface area contributed by atoms with Crippen LogP contribution >= 0.6 is 0 Å². The van der Waals surface area contributed by atoms with Gasteiger partial charge in [-0.15, -0.1) is 0 Å².